The van der Waals surface area contributed by atoms with Crippen LogP contribution in [-0.2, 0) is 9.53 Å². The van der Waals surface area contributed by atoms with Gasteiger partial charge in [-0.15, -0.1) is 0 Å². The maximum Gasteiger partial charge on any atom is 0.328 e. The Hall–Kier alpha value is -2.46. The van der Waals surface area contributed by atoms with E-state index in [1.54, 1.807) is 0 Å². The average molecular weight is 351 g/mol. The molecule has 2 aromatic carbocycles. The average Bonchev–Trinajstić information content (AvgIpc) is 2.63. The highest BCUT2D eigenvalue weighted by Gasteiger charge is 2.35. The molecule has 4 nitrogen and oxygen atoms in total. The summed E-state index contributed by atoms with van der Waals surface area (Å²) in [5, 5.41) is 9.89. The van der Waals surface area contributed by atoms with Gasteiger partial charge < -0.3 is 9.84 Å². The molecule has 0 aromatic heterocycles. The Kier molecular flexibility index (Phi) is 5.84. The van der Waals surface area contributed by atoms with Gasteiger partial charge in [0.05, 0.1) is 17.9 Å². The molecule has 0 saturated carbocycles. The molecule has 1 saturated heterocycles. The van der Waals surface area contributed by atoms with Crippen LogP contribution < -0.4 is 0 Å². The van der Waals surface area contributed by atoms with Crippen LogP contribution in [0.25, 0.3) is 0 Å². The SMILES string of the molecule is CC1CC(C(N=C(c2ccccc2)c2ccccc2)C(=O)O)CC(C)O1. The summed E-state index contributed by atoms with van der Waals surface area (Å²) in [7, 11) is 0. The number of hydrogen-bond acceptors (Lipinski definition) is 3. The Morgan fingerprint density at radius 1 is 0.962 bits per heavy atom. The van der Waals surface area contributed by atoms with Crippen LogP contribution >= 0.6 is 0 Å². The lowest BCUT2D eigenvalue weighted by Gasteiger charge is -2.34. The quantitative estimate of drug-likeness (QED) is 0.822. The van der Waals surface area contributed by atoms with Crippen molar-refractivity contribution in [3.8, 4) is 0 Å². The largest absolute Gasteiger partial charge is 0.480 e. The molecular weight excluding hydrogens is 326 g/mol. The second-order valence-corrected chi connectivity index (χ2v) is 6.98. The number of rotatable bonds is 5. The number of carboxylic acid groups (broad SMARTS) is 1. The highest BCUT2D eigenvalue weighted by atomic mass is 16.5. The summed E-state index contributed by atoms with van der Waals surface area (Å²) >= 11 is 0. The zero-order valence-corrected chi connectivity index (χ0v) is 15.2. The van der Waals surface area contributed by atoms with E-state index in [4.69, 9.17) is 9.73 Å². The zero-order chi connectivity index (χ0) is 18.5. The van der Waals surface area contributed by atoms with Gasteiger partial charge in [-0.2, -0.15) is 0 Å². The number of benzene rings is 2. The van der Waals surface area contributed by atoms with Gasteiger partial charge in [-0.3, -0.25) is 4.99 Å². The molecular formula is C22H25NO3. The predicted molar refractivity (Wildman–Crippen MR) is 103 cm³/mol. The van der Waals surface area contributed by atoms with Crippen LogP contribution in [0.15, 0.2) is 65.7 Å². The number of carboxylic acids is 1. The molecule has 136 valence electrons. The summed E-state index contributed by atoms with van der Waals surface area (Å²) in [4.78, 5) is 16.8. The van der Waals surface area contributed by atoms with E-state index in [2.05, 4.69) is 0 Å². The van der Waals surface area contributed by atoms with E-state index in [1.807, 2.05) is 74.5 Å². The standard InChI is InChI=1S/C22H25NO3/c1-15-13-19(14-16(2)26-15)21(22(24)25)23-20(17-9-5-3-6-10-17)18-11-7-4-8-12-18/h3-12,15-16,19,21H,13-14H2,1-2H3,(H,24,25). The lowest BCUT2D eigenvalue weighted by atomic mass is 9.86. The molecule has 1 heterocycles. The van der Waals surface area contributed by atoms with Gasteiger partial charge in [-0.25, -0.2) is 4.79 Å². The molecule has 1 N–H and O–H groups in total. The third-order valence-corrected chi connectivity index (χ3v) is 4.80. The van der Waals surface area contributed by atoms with Crippen LogP contribution in [-0.4, -0.2) is 35.0 Å². The minimum absolute atomic E-state index is 0.0336. The molecule has 0 aliphatic carbocycles. The van der Waals surface area contributed by atoms with E-state index in [0.29, 0.717) is 12.8 Å². The summed E-state index contributed by atoms with van der Waals surface area (Å²) in [5.74, 6) is -0.908. The molecule has 4 heteroatoms. The van der Waals surface area contributed by atoms with Gasteiger partial charge in [-0.1, -0.05) is 60.7 Å². The topological polar surface area (TPSA) is 58.9 Å². The van der Waals surface area contributed by atoms with Crippen LogP contribution in [0.2, 0.25) is 0 Å². The van der Waals surface area contributed by atoms with Gasteiger partial charge in [0.2, 0.25) is 0 Å². The fraction of sp³-hybridized carbons (Fsp3) is 0.364. The first-order chi connectivity index (χ1) is 12.5. The Morgan fingerprint density at radius 3 is 1.85 bits per heavy atom. The van der Waals surface area contributed by atoms with Crippen LogP contribution in [0.5, 0.6) is 0 Å². The van der Waals surface area contributed by atoms with Crippen molar-refractivity contribution < 1.29 is 14.6 Å². The first kappa shape index (κ1) is 18.3. The Balaban J connectivity index is 2.02. The van der Waals surface area contributed by atoms with Crippen molar-refractivity contribution in [3.63, 3.8) is 0 Å². The fourth-order valence-electron chi connectivity index (χ4n) is 3.72. The van der Waals surface area contributed by atoms with E-state index < -0.39 is 12.0 Å². The van der Waals surface area contributed by atoms with Gasteiger partial charge in [0.25, 0.3) is 0 Å². The van der Waals surface area contributed by atoms with Crippen LogP contribution in [0.4, 0.5) is 0 Å². The highest BCUT2D eigenvalue weighted by Crippen LogP contribution is 2.30. The third kappa shape index (κ3) is 4.38. The Morgan fingerprint density at radius 2 is 1.42 bits per heavy atom. The first-order valence-electron chi connectivity index (χ1n) is 9.11. The molecule has 0 spiro atoms. The maximum absolute atomic E-state index is 12.1. The van der Waals surface area contributed by atoms with E-state index in [1.165, 1.54) is 0 Å². The second kappa shape index (κ2) is 8.28. The number of aliphatic carboxylic acids is 1. The fourth-order valence-corrected chi connectivity index (χ4v) is 3.72. The molecule has 0 radical (unpaired) electrons. The molecule has 3 rings (SSSR count). The monoisotopic (exact) mass is 351 g/mol. The molecule has 0 bridgehead atoms. The summed E-state index contributed by atoms with van der Waals surface area (Å²) in [6.07, 6.45) is 1.53. The lowest BCUT2D eigenvalue weighted by Crippen LogP contribution is -2.39. The molecule has 2 aromatic rings. The number of ether oxygens (including phenoxy) is 1. The lowest BCUT2D eigenvalue weighted by molar-refractivity contribution is -0.142. The Bertz CT molecular complexity index is 706. The molecule has 3 unspecified atom stereocenters. The van der Waals surface area contributed by atoms with E-state index in [0.717, 1.165) is 16.8 Å². The van der Waals surface area contributed by atoms with E-state index in [9.17, 15) is 9.90 Å². The van der Waals surface area contributed by atoms with E-state index >= 15 is 0 Å². The number of hydrogen-bond donors (Lipinski definition) is 1. The molecule has 3 atom stereocenters. The molecule has 1 aliphatic rings. The summed E-state index contributed by atoms with van der Waals surface area (Å²) in [6, 6.07) is 18.8. The highest BCUT2D eigenvalue weighted by molar-refractivity contribution is 6.13. The van der Waals surface area contributed by atoms with Crippen molar-refractivity contribution in [3.05, 3.63) is 71.8 Å². The first-order valence-corrected chi connectivity index (χ1v) is 9.11. The molecule has 0 amide bonds. The minimum atomic E-state index is -0.874. The maximum atomic E-state index is 12.1. The smallest absolute Gasteiger partial charge is 0.328 e. The van der Waals surface area contributed by atoms with Gasteiger partial charge in [0, 0.05) is 11.1 Å². The van der Waals surface area contributed by atoms with Gasteiger partial charge >= 0.3 is 5.97 Å². The van der Waals surface area contributed by atoms with Gasteiger partial charge in [0.1, 0.15) is 0 Å². The summed E-state index contributed by atoms with van der Waals surface area (Å²) in [6.45, 7) is 4.00. The zero-order valence-electron chi connectivity index (χ0n) is 15.2. The van der Waals surface area contributed by atoms with Crippen molar-refractivity contribution in [2.45, 2.75) is 44.9 Å². The minimum Gasteiger partial charge on any atom is -0.480 e. The van der Waals surface area contributed by atoms with Crippen molar-refractivity contribution in [1.82, 2.24) is 0 Å². The predicted octanol–water partition coefficient (Wildman–Crippen LogP) is 4.18. The van der Waals surface area contributed by atoms with Crippen molar-refractivity contribution in [2.75, 3.05) is 0 Å². The number of nitrogens with zero attached hydrogens (tertiary/aromatic N) is 1. The van der Waals surface area contributed by atoms with E-state index in [-0.39, 0.29) is 18.1 Å². The van der Waals surface area contributed by atoms with Gasteiger partial charge in [-0.05, 0) is 32.6 Å². The number of aliphatic imine (C=N–C) groups is 1. The Labute approximate surface area is 154 Å². The molecule has 1 fully saturated rings. The third-order valence-electron chi connectivity index (χ3n) is 4.80. The van der Waals surface area contributed by atoms with Crippen molar-refractivity contribution in [2.24, 2.45) is 10.9 Å². The van der Waals surface area contributed by atoms with Crippen LogP contribution in [0.1, 0.15) is 37.8 Å². The summed E-state index contributed by atoms with van der Waals surface area (Å²) in [5.41, 5.74) is 2.58. The molecule has 1 aliphatic heterocycles. The van der Waals surface area contributed by atoms with Crippen molar-refractivity contribution >= 4 is 11.7 Å². The van der Waals surface area contributed by atoms with Gasteiger partial charge in [0.15, 0.2) is 6.04 Å². The summed E-state index contributed by atoms with van der Waals surface area (Å²) < 4.78 is 5.78. The van der Waals surface area contributed by atoms with Crippen LogP contribution in [0.3, 0.4) is 0 Å². The second-order valence-electron chi connectivity index (χ2n) is 6.98. The number of carbonyl (C=O) groups is 1. The molecule has 26 heavy (non-hydrogen) atoms. The van der Waals surface area contributed by atoms with Crippen LogP contribution in [0, 0.1) is 5.92 Å². The van der Waals surface area contributed by atoms with Crippen molar-refractivity contribution in [1.29, 1.82) is 0 Å². The normalized spacial score (nSPS) is 23.8.